The van der Waals surface area contributed by atoms with Gasteiger partial charge >= 0.3 is 0 Å². The highest BCUT2D eigenvalue weighted by Crippen LogP contribution is 2.34. The topological polar surface area (TPSA) is 13.1 Å². The quantitative estimate of drug-likeness (QED) is 0.552. The summed E-state index contributed by atoms with van der Waals surface area (Å²) >= 11 is 0. The molecule has 1 nitrogen and oxygen atoms in total. The second-order valence-corrected chi connectivity index (χ2v) is 5.41. The molecule has 0 aliphatic heterocycles. The van der Waals surface area contributed by atoms with E-state index in [0.717, 1.165) is 24.0 Å². The van der Waals surface area contributed by atoms with Gasteiger partial charge in [-0.15, -0.1) is 0 Å². The van der Waals surface area contributed by atoms with Crippen molar-refractivity contribution in [3.63, 3.8) is 0 Å². The average Bonchev–Trinajstić information content (AvgIpc) is 2.88. The molecule has 98 valence electrons. The van der Waals surface area contributed by atoms with Crippen molar-refractivity contribution in [2.24, 2.45) is 0 Å². The van der Waals surface area contributed by atoms with Crippen LogP contribution in [0.2, 0.25) is 0 Å². The lowest BCUT2D eigenvalue weighted by Gasteiger charge is -2.08. The fourth-order valence-corrected chi connectivity index (χ4v) is 2.99. The Bertz CT molecular complexity index is 862. The first-order valence-electron chi connectivity index (χ1n) is 7.12. The summed E-state index contributed by atoms with van der Waals surface area (Å²) in [5.74, 6) is 0. The van der Waals surface area contributed by atoms with Gasteiger partial charge in [0.05, 0.1) is 0 Å². The molecule has 0 fully saturated rings. The molecule has 1 heterocycles. The van der Waals surface area contributed by atoms with E-state index < -0.39 is 0 Å². The monoisotopic (exact) mass is 260 g/mol. The number of aryl methyl sites for hydroxylation is 1. The Balaban J connectivity index is 2.03. The van der Waals surface area contributed by atoms with Crippen LogP contribution in [0.15, 0.2) is 59.0 Å². The van der Waals surface area contributed by atoms with Crippen molar-refractivity contribution in [2.75, 3.05) is 0 Å². The highest BCUT2D eigenvalue weighted by atomic mass is 16.3. The lowest BCUT2D eigenvalue weighted by molar-refractivity contribution is 0.666. The van der Waals surface area contributed by atoms with E-state index in [2.05, 4.69) is 49.4 Å². The van der Waals surface area contributed by atoms with Crippen molar-refractivity contribution >= 4 is 27.5 Å². The predicted molar refractivity (Wildman–Crippen MR) is 84.8 cm³/mol. The molecule has 0 radical (unpaired) electrons. The summed E-state index contributed by atoms with van der Waals surface area (Å²) in [6.45, 7) is 2.13. The van der Waals surface area contributed by atoms with Gasteiger partial charge in [-0.2, -0.15) is 0 Å². The number of fused-ring (bicyclic) bond motifs is 3. The van der Waals surface area contributed by atoms with E-state index in [1.807, 2.05) is 12.1 Å². The largest absolute Gasteiger partial charge is 0.456 e. The van der Waals surface area contributed by atoms with Crippen LogP contribution in [0.1, 0.15) is 24.0 Å². The number of hydrogen-bond donors (Lipinski definition) is 0. The van der Waals surface area contributed by atoms with Gasteiger partial charge in [0.25, 0.3) is 0 Å². The van der Waals surface area contributed by atoms with Gasteiger partial charge in [0, 0.05) is 10.8 Å². The molecule has 0 amide bonds. The molecule has 0 saturated carbocycles. The first kappa shape index (κ1) is 11.5. The molecular formula is C19H16O. The molecule has 1 aliphatic rings. The Morgan fingerprint density at radius 1 is 1.00 bits per heavy atom. The summed E-state index contributed by atoms with van der Waals surface area (Å²) in [4.78, 5) is 0. The molecule has 2 aromatic carbocycles. The molecule has 4 rings (SSSR count). The number of furan rings is 1. The summed E-state index contributed by atoms with van der Waals surface area (Å²) in [7, 11) is 0. The van der Waals surface area contributed by atoms with E-state index >= 15 is 0 Å². The van der Waals surface area contributed by atoms with Crippen molar-refractivity contribution in [3.05, 3.63) is 65.8 Å². The lowest BCUT2D eigenvalue weighted by Crippen LogP contribution is -1.87. The Labute approximate surface area is 118 Å². The lowest BCUT2D eigenvalue weighted by atomic mass is 9.96. The van der Waals surface area contributed by atoms with Gasteiger partial charge in [0.1, 0.15) is 11.2 Å². The van der Waals surface area contributed by atoms with E-state index in [1.165, 1.54) is 27.5 Å². The minimum atomic E-state index is 0.968. The molecule has 0 bridgehead atoms. The molecule has 0 saturated heterocycles. The summed E-state index contributed by atoms with van der Waals surface area (Å²) in [6.07, 6.45) is 9.09. The third-order valence-corrected chi connectivity index (χ3v) is 3.99. The van der Waals surface area contributed by atoms with E-state index in [0.29, 0.717) is 0 Å². The summed E-state index contributed by atoms with van der Waals surface area (Å²) in [6, 6.07) is 12.7. The fraction of sp³-hybridized carbons (Fsp3) is 0.158. The highest BCUT2D eigenvalue weighted by Gasteiger charge is 2.11. The van der Waals surface area contributed by atoms with Gasteiger partial charge in [0.2, 0.25) is 0 Å². The first-order valence-corrected chi connectivity index (χ1v) is 7.12. The van der Waals surface area contributed by atoms with Crippen LogP contribution in [0.5, 0.6) is 0 Å². The van der Waals surface area contributed by atoms with Gasteiger partial charge in [-0.05, 0) is 54.7 Å². The molecule has 0 N–H and O–H groups in total. The van der Waals surface area contributed by atoms with Gasteiger partial charge in [0.15, 0.2) is 0 Å². The van der Waals surface area contributed by atoms with Crippen LogP contribution in [-0.2, 0) is 0 Å². The molecular weight excluding hydrogens is 244 g/mol. The van der Waals surface area contributed by atoms with Crippen LogP contribution in [0.25, 0.3) is 27.5 Å². The maximum atomic E-state index is 5.99. The fourth-order valence-electron chi connectivity index (χ4n) is 2.99. The molecule has 0 spiro atoms. The molecule has 20 heavy (non-hydrogen) atoms. The Morgan fingerprint density at radius 3 is 2.75 bits per heavy atom. The second-order valence-electron chi connectivity index (χ2n) is 5.41. The average molecular weight is 260 g/mol. The molecule has 1 heteroatoms. The van der Waals surface area contributed by atoms with Gasteiger partial charge in [-0.3, -0.25) is 0 Å². The Hall–Kier alpha value is -2.28. The van der Waals surface area contributed by atoms with Gasteiger partial charge in [-0.1, -0.05) is 36.4 Å². The van der Waals surface area contributed by atoms with Gasteiger partial charge in [-0.25, -0.2) is 0 Å². The highest BCUT2D eigenvalue weighted by molar-refractivity contribution is 6.07. The predicted octanol–water partition coefficient (Wildman–Crippen LogP) is 5.63. The van der Waals surface area contributed by atoms with Crippen LogP contribution >= 0.6 is 0 Å². The van der Waals surface area contributed by atoms with E-state index in [4.69, 9.17) is 4.42 Å². The molecule has 1 aromatic heterocycles. The zero-order chi connectivity index (χ0) is 13.5. The van der Waals surface area contributed by atoms with Crippen LogP contribution < -0.4 is 0 Å². The maximum absolute atomic E-state index is 5.99. The molecule has 0 unspecified atom stereocenters. The number of rotatable bonds is 1. The Kier molecular flexibility index (Phi) is 2.53. The maximum Gasteiger partial charge on any atom is 0.138 e. The summed E-state index contributed by atoms with van der Waals surface area (Å²) < 4.78 is 5.99. The Morgan fingerprint density at radius 2 is 1.90 bits per heavy atom. The zero-order valence-corrected chi connectivity index (χ0v) is 11.5. The van der Waals surface area contributed by atoms with E-state index in [1.54, 1.807) is 0 Å². The number of hydrogen-bond acceptors (Lipinski definition) is 1. The minimum absolute atomic E-state index is 0.968. The van der Waals surface area contributed by atoms with E-state index in [-0.39, 0.29) is 0 Å². The van der Waals surface area contributed by atoms with Crippen LogP contribution in [0, 0.1) is 6.92 Å². The summed E-state index contributed by atoms with van der Waals surface area (Å²) in [5, 5.41) is 2.42. The number of allylic oxidation sites excluding steroid dienone is 4. The minimum Gasteiger partial charge on any atom is -0.456 e. The van der Waals surface area contributed by atoms with Crippen molar-refractivity contribution < 1.29 is 4.42 Å². The molecule has 1 aliphatic carbocycles. The number of benzene rings is 2. The number of para-hydroxylation sites is 1. The van der Waals surface area contributed by atoms with E-state index in [9.17, 15) is 0 Å². The van der Waals surface area contributed by atoms with Crippen molar-refractivity contribution in [1.29, 1.82) is 0 Å². The third kappa shape index (κ3) is 1.70. The smallest absolute Gasteiger partial charge is 0.138 e. The van der Waals surface area contributed by atoms with Crippen LogP contribution in [0.4, 0.5) is 0 Å². The standard InChI is InChI=1S/C19H16O/c1-13-11-15(14-7-3-2-4-8-14)12-17-16-9-5-6-10-18(16)20-19(13)17/h3,5-12H,2,4H2,1H3. The van der Waals surface area contributed by atoms with Crippen molar-refractivity contribution in [2.45, 2.75) is 19.8 Å². The zero-order valence-electron chi connectivity index (χ0n) is 11.5. The molecule has 0 atom stereocenters. The van der Waals surface area contributed by atoms with Crippen LogP contribution in [0.3, 0.4) is 0 Å². The first-order chi connectivity index (χ1) is 9.83. The normalized spacial score (nSPS) is 14.9. The van der Waals surface area contributed by atoms with Crippen molar-refractivity contribution in [3.8, 4) is 0 Å². The third-order valence-electron chi connectivity index (χ3n) is 3.99. The van der Waals surface area contributed by atoms with Crippen LogP contribution in [-0.4, -0.2) is 0 Å². The summed E-state index contributed by atoms with van der Waals surface area (Å²) in [5.41, 5.74) is 5.80. The SMILES string of the molecule is Cc1cc(C2=CCCC=C2)cc2c1oc1ccccc12. The molecule has 3 aromatic rings. The van der Waals surface area contributed by atoms with Gasteiger partial charge < -0.3 is 4.42 Å². The second kappa shape index (κ2) is 4.38. The van der Waals surface area contributed by atoms with Crippen molar-refractivity contribution in [1.82, 2.24) is 0 Å².